The van der Waals surface area contributed by atoms with E-state index in [1.807, 2.05) is 12.1 Å². The zero-order valence-corrected chi connectivity index (χ0v) is 7.05. The molecule has 0 amide bonds. The Kier molecular flexibility index (Phi) is 4.04. The molecule has 0 atom stereocenters. The highest BCUT2D eigenvalue weighted by Crippen LogP contribution is 1.97. The molecule has 2 heteroatoms. The van der Waals surface area contributed by atoms with Gasteiger partial charge >= 0.3 is 0 Å². The molecule has 1 rings (SSSR count). The second kappa shape index (κ2) is 5.45. The predicted octanol–water partition coefficient (Wildman–Crippen LogP) is 1.76. The first-order valence-corrected chi connectivity index (χ1v) is 4.16. The lowest BCUT2D eigenvalue weighted by molar-refractivity contribution is 0.554. The van der Waals surface area contributed by atoms with Gasteiger partial charge in [-0.15, -0.1) is 0 Å². The summed E-state index contributed by atoms with van der Waals surface area (Å²) in [7, 11) is 0. The molecule has 0 aliphatic rings. The fourth-order valence-corrected chi connectivity index (χ4v) is 0.857. The smallest absolute Gasteiger partial charge is 0.176 e. The van der Waals surface area contributed by atoms with Crippen LogP contribution in [0.5, 0.6) is 0 Å². The highest BCUT2D eigenvalue weighted by atomic mass is 16.3. The van der Waals surface area contributed by atoms with Crippen LogP contribution in [0.4, 0.5) is 0 Å². The topological polar surface area (TPSA) is 39.2 Å². The van der Waals surface area contributed by atoms with Crippen molar-refractivity contribution in [2.24, 2.45) is 5.73 Å². The van der Waals surface area contributed by atoms with Crippen LogP contribution < -0.4 is 5.73 Å². The summed E-state index contributed by atoms with van der Waals surface area (Å²) in [5.41, 5.74) is 5.34. The number of nitrogens with two attached hydrogens (primary N) is 1. The van der Waals surface area contributed by atoms with Crippen LogP contribution in [0.15, 0.2) is 22.8 Å². The Morgan fingerprint density at radius 3 is 3.00 bits per heavy atom. The van der Waals surface area contributed by atoms with Crippen LogP contribution in [0.2, 0.25) is 0 Å². The minimum Gasteiger partial charge on any atom is -0.456 e. The molecular weight excluding hydrogens is 150 g/mol. The van der Waals surface area contributed by atoms with Gasteiger partial charge in [0.25, 0.3) is 0 Å². The Labute approximate surface area is 72.8 Å². The Balaban J connectivity index is 2.21. The van der Waals surface area contributed by atoms with Crippen LogP contribution in [0.1, 0.15) is 25.0 Å². The summed E-state index contributed by atoms with van der Waals surface area (Å²) >= 11 is 0. The first-order valence-electron chi connectivity index (χ1n) is 4.16. The molecule has 0 spiro atoms. The van der Waals surface area contributed by atoms with Crippen molar-refractivity contribution in [1.82, 2.24) is 0 Å². The molecule has 1 aromatic rings. The molecule has 2 nitrogen and oxygen atoms in total. The zero-order valence-electron chi connectivity index (χ0n) is 7.05. The van der Waals surface area contributed by atoms with E-state index in [9.17, 15) is 0 Å². The van der Waals surface area contributed by atoms with E-state index in [-0.39, 0.29) is 0 Å². The molecule has 2 N–H and O–H groups in total. The molecule has 1 aromatic heterocycles. The van der Waals surface area contributed by atoms with E-state index in [2.05, 4.69) is 11.8 Å². The van der Waals surface area contributed by atoms with E-state index in [1.54, 1.807) is 6.26 Å². The molecule has 0 bridgehead atoms. The van der Waals surface area contributed by atoms with Gasteiger partial charge in [0, 0.05) is 6.42 Å². The van der Waals surface area contributed by atoms with Crippen LogP contribution in [0.25, 0.3) is 0 Å². The summed E-state index contributed by atoms with van der Waals surface area (Å²) < 4.78 is 5.04. The number of rotatable bonds is 3. The molecule has 1 heterocycles. The first kappa shape index (κ1) is 8.89. The van der Waals surface area contributed by atoms with Crippen LogP contribution >= 0.6 is 0 Å². The van der Waals surface area contributed by atoms with Gasteiger partial charge in [-0.05, 0) is 37.4 Å². The van der Waals surface area contributed by atoms with Crippen LogP contribution in [-0.4, -0.2) is 6.54 Å². The van der Waals surface area contributed by atoms with E-state index in [4.69, 9.17) is 10.2 Å². The van der Waals surface area contributed by atoms with Crippen molar-refractivity contribution >= 4 is 0 Å². The van der Waals surface area contributed by atoms with Gasteiger partial charge in [-0.25, -0.2) is 0 Å². The molecular formula is C10H13NO. The number of hydrogen-bond donors (Lipinski definition) is 1. The standard InChI is InChI=1S/C10H13NO/c11-8-4-2-1-3-6-10-7-5-9-12-10/h5,7,9H,1-2,4,8,11H2. The van der Waals surface area contributed by atoms with Gasteiger partial charge in [-0.2, -0.15) is 0 Å². The number of hydrogen-bond acceptors (Lipinski definition) is 2. The van der Waals surface area contributed by atoms with Crippen LogP contribution in [0, 0.1) is 11.8 Å². The maximum atomic E-state index is 5.34. The predicted molar refractivity (Wildman–Crippen MR) is 48.5 cm³/mol. The van der Waals surface area contributed by atoms with Crippen molar-refractivity contribution in [2.45, 2.75) is 19.3 Å². The summed E-state index contributed by atoms with van der Waals surface area (Å²) in [6.07, 6.45) is 4.65. The normalized spacial score (nSPS) is 9.08. The number of furan rings is 1. The third kappa shape index (κ3) is 3.27. The molecule has 0 aliphatic carbocycles. The summed E-state index contributed by atoms with van der Waals surface area (Å²) in [5.74, 6) is 6.69. The summed E-state index contributed by atoms with van der Waals surface area (Å²) in [6.45, 7) is 0.752. The lowest BCUT2D eigenvalue weighted by Gasteiger charge is -1.87. The molecule has 0 fully saturated rings. The Bertz CT molecular complexity index is 253. The van der Waals surface area contributed by atoms with Gasteiger partial charge in [0.05, 0.1) is 6.26 Å². The maximum Gasteiger partial charge on any atom is 0.176 e. The lowest BCUT2D eigenvalue weighted by atomic mass is 10.2. The van der Waals surface area contributed by atoms with Crippen molar-refractivity contribution in [3.05, 3.63) is 24.2 Å². The average Bonchev–Trinajstić information content (AvgIpc) is 2.57. The second-order valence-electron chi connectivity index (χ2n) is 2.52. The van der Waals surface area contributed by atoms with Gasteiger partial charge in [-0.1, -0.05) is 5.92 Å². The SMILES string of the molecule is NCCCCC#Cc1ccco1. The van der Waals surface area contributed by atoms with Crippen molar-refractivity contribution in [2.75, 3.05) is 6.54 Å². The highest BCUT2D eigenvalue weighted by Gasteiger charge is 1.85. The third-order valence-electron chi connectivity index (χ3n) is 1.49. The Morgan fingerprint density at radius 2 is 2.33 bits per heavy atom. The van der Waals surface area contributed by atoms with Crippen molar-refractivity contribution in [3.63, 3.8) is 0 Å². The van der Waals surface area contributed by atoms with Crippen LogP contribution in [-0.2, 0) is 0 Å². The maximum absolute atomic E-state index is 5.34. The summed E-state index contributed by atoms with van der Waals surface area (Å²) in [4.78, 5) is 0. The van der Waals surface area contributed by atoms with Crippen LogP contribution in [0.3, 0.4) is 0 Å². The zero-order chi connectivity index (χ0) is 8.65. The highest BCUT2D eigenvalue weighted by molar-refractivity contribution is 5.23. The second-order valence-corrected chi connectivity index (χ2v) is 2.52. The Morgan fingerprint density at radius 1 is 1.42 bits per heavy atom. The Hall–Kier alpha value is -1.20. The van der Waals surface area contributed by atoms with Gasteiger partial charge in [-0.3, -0.25) is 0 Å². The monoisotopic (exact) mass is 163 g/mol. The van der Waals surface area contributed by atoms with E-state index in [0.29, 0.717) is 0 Å². The lowest BCUT2D eigenvalue weighted by Crippen LogP contribution is -1.96. The van der Waals surface area contributed by atoms with E-state index >= 15 is 0 Å². The molecule has 0 saturated heterocycles. The van der Waals surface area contributed by atoms with Gasteiger partial charge in [0.1, 0.15) is 0 Å². The first-order chi connectivity index (χ1) is 5.93. The minimum atomic E-state index is 0.739. The third-order valence-corrected chi connectivity index (χ3v) is 1.49. The van der Waals surface area contributed by atoms with Gasteiger partial charge in [0.15, 0.2) is 5.76 Å². The quantitative estimate of drug-likeness (QED) is 0.544. The average molecular weight is 163 g/mol. The molecule has 0 aromatic carbocycles. The fraction of sp³-hybridized carbons (Fsp3) is 0.400. The molecule has 64 valence electrons. The number of unbranched alkanes of at least 4 members (excludes halogenated alkanes) is 2. The van der Waals surface area contributed by atoms with Crippen molar-refractivity contribution in [3.8, 4) is 11.8 Å². The van der Waals surface area contributed by atoms with E-state index < -0.39 is 0 Å². The molecule has 0 radical (unpaired) electrons. The van der Waals surface area contributed by atoms with Crippen molar-refractivity contribution < 1.29 is 4.42 Å². The largest absolute Gasteiger partial charge is 0.456 e. The summed E-state index contributed by atoms with van der Waals surface area (Å²) in [6, 6.07) is 3.69. The van der Waals surface area contributed by atoms with Crippen molar-refractivity contribution in [1.29, 1.82) is 0 Å². The molecule has 0 saturated carbocycles. The van der Waals surface area contributed by atoms with Gasteiger partial charge in [0.2, 0.25) is 0 Å². The van der Waals surface area contributed by atoms with E-state index in [0.717, 1.165) is 31.6 Å². The minimum absolute atomic E-state index is 0.739. The fourth-order valence-electron chi connectivity index (χ4n) is 0.857. The summed E-state index contributed by atoms with van der Waals surface area (Å²) in [5, 5.41) is 0. The molecule has 0 unspecified atom stereocenters. The molecule has 12 heavy (non-hydrogen) atoms. The van der Waals surface area contributed by atoms with Gasteiger partial charge < -0.3 is 10.2 Å². The van der Waals surface area contributed by atoms with E-state index in [1.165, 1.54) is 0 Å². The molecule has 0 aliphatic heterocycles.